The van der Waals surface area contributed by atoms with E-state index in [9.17, 15) is 0 Å². The number of hydrogen-bond acceptors (Lipinski definition) is 2. The molecule has 80 valence electrons. The zero-order valence-corrected chi connectivity index (χ0v) is 9.76. The first-order valence-corrected chi connectivity index (χ1v) is 4.80. The molecule has 2 N–H and O–H groups in total. The fourth-order valence-electron chi connectivity index (χ4n) is 0.922. The molecule has 0 bridgehead atoms. The maximum Gasteiger partial charge on any atom is 0.0611 e. The molecule has 0 heterocycles. The van der Waals surface area contributed by atoms with Gasteiger partial charge in [-0.2, -0.15) is 0 Å². The van der Waals surface area contributed by atoms with Crippen molar-refractivity contribution in [3.63, 3.8) is 0 Å². The fraction of sp³-hybridized carbons (Fsp3) is 0.417. The Morgan fingerprint density at radius 3 is 2.07 bits per heavy atom. The normalized spacial score (nSPS) is 16.3. The first kappa shape index (κ1) is 15.3. The molecule has 14 heavy (non-hydrogen) atoms. The van der Waals surface area contributed by atoms with E-state index in [-0.39, 0.29) is 0 Å². The highest BCUT2D eigenvalue weighted by molar-refractivity contribution is 6.09. The van der Waals surface area contributed by atoms with Gasteiger partial charge in [0.15, 0.2) is 0 Å². The van der Waals surface area contributed by atoms with E-state index in [0.717, 1.165) is 18.3 Å². The lowest BCUT2D eigenvalue weighted by Gasteiger charge is -2.05. The Balaban J connectivity index is 0. The Labute approximate surface area is 87.2 Å². The molecule has 0 saturated carbocycles. The minimum absolute atomic E-state index is 0.613. The SMILES string of the molecule is C/C=C1/C=CC(C)=CC1=N.CC.CO. The number of hydrogen-bond donors (Lipinski definition) is 2. The van der Waals surface area contributed by atoms with Crippen LogP contribution in [0.2, 0.25) is 0 Å². The van der Waals surface area contributed by atoms with Gasteiger partial charge >= 0.3 is 0 Å². The minimum Gasteiger partial charge on any atom is -0.400 e. The van der Waals surface area contributed by atoms with Crippen molar-refractivity contribution in [1.82, 2.24) is 0 Å². The third-order valence-corrected chi connectivity index (χ3v) is 1.52. The summed E-state index contributed by atoms with van der Waals surface area (Å²) >= 11 is 0. The van der Waals surface area contributed by atoms with E-state index in [4.69, 9.17) is 10.5 Å². The summed E-state index contributed by atoms with van der Waals surface area (Å²) in [6, 6.07) is 0. The molecule has 1 aliphatic carbocycles. The van der Waals surface area contributed by atoms with Gasteiger partial charge in [0.2, 0.25) is 0 Å². The van der Waals surface area contributed by atoms with Gasteiger partial charge in [0.05, 0.1) is 5.71 Å². The molecule has 0 aromatic heterocycles. The first-order chi connectivity index (χ1) is 6.74. The lowest BCUT2D eigenvalue weighted by molar-refractivity contribution is 0.399. The van der Waals surface area contributed by atoms with Crippen LogP contribution in [0.25, 0.3) is 0 Å². The van der Waals surface area contributed by atoms with Crippen LogP contribution < -0.4 is 0 Å². The van der Waals surface area contributed by atoms with Crippen molar-refractivity contribution >= 4 is 5.71 Å². The molecular formula is C12H21NO. The van der Waals surface area contributed by atoms with Gasteiger partial charge in [-0.15, -0.1) is 0 Å². The molecule has 0 aliphatic heterocycles. The topological polar surface area (TPSA) is 44.1 Å². The van der Waals surface area contributed by atoms with Crippen molar-refractivity contribution in [3.05, 3.63) is 35.5 Å². The molecule has 2 nitrogen and oxygen atoms in total. The number of nitrogens with one attached hydrogen (secondary N) is 1. The Morgan fingerprint density at radius 2 is 1.71 bits per heavy atom. The number of aliphatic hydroxyl groups excluding tert-OH is 1. The molecule has 0 spiro atoms. The Morgan fingerprint density at radius 1 is 1.21 bits per heavy atom. The number of allylic oxidation sites excluding steroid dienone is 6. The molecule has 1 rings (SSSR count). The maximum absolute atomic E-state index is 7.48. The molecule has 0 fully saturated rings. The van der Waals surface area contributed by atoms with E-state index in [2.05, 4.69) is 0 Å². The summed E-state index contributed by atoms with van der Waals surface area (Å²) in [6.07, 6.45) is 7.81. The summed E-state index contributed by atoms with van der Waals surface area (Å²) in [4.78, 5) is 0. The first-order valence-electron chi connectivity index (χ1n) is 4.80. The molecule has 0 aromatic carbocycles. The third kappa shape index (κ3) is 5.49. The molecule has 0 unspecified atom stereocenters. The van der Waals surface area contributed by atoms with Crippen LogP contribution in [0.1, 0.15) is 27.7 Å². The highest BCUT2D eigenvalue weighted by Gasteiger charge is 2.01. The van der Waals surface area contributed by atoms with Crippen molar-refractivity contribution < 1.29 is 5.11 Å². The predicted octanol–water partition coefficient (Wildman–Crippen LogP) is 3.10. The molecule has 0 atom stereocenters. The molecule has 0 amide bonds. The summed E-state index contributed by atoms with van der Waals surface area (Å²) in [5, 5.41) is 14.5. The van der Waals surface area contributed by atoms with Gasteiger partial charge < -0.3 is 10.5 Å². The van der Waals surface area contributed by atoms with Crippen LogP contribution >= 0.6 is 0 Å². The number of rotatable bonds is 0. The van der Waals surface area contributed by atoms with Crippen molar-refractivity contribution in [2.24, 2.45) is 0 Å². The van der Waals surface area contributed by atoms with Crippen LogP contribution in [0.5, 0.6) is 0 Å². The van der Waals surface area contributed by atoms with Gasteiger partial charge in [0.25, 0.3) is 0 Å². The van der Waals surface area contributed by atoms with Gasteiger partial charge in [0, 0.05) is 7.11 Å². The highest BCUT2D eigenvalue weighted by Crippen LogP contribution is 2.11. The van der Waals surface area contributed by atoms with Gasteiger partial charge in [0.1, 0.15) is 0 Å². The quantitative estimate of drug-likeness (QED) is 0.613. The van der Waals surface area contributed by atoms with E-state index in [1.54, 1.807) is 0 Å². The second kappa shape index (κ2) is 9.93. The predicted molar refractivity (Wildman–Crippen MR) is 63.9 cm³/mol. The zero-order chi connectivity index (χ0) is 11.6. The highest BCUT2D eigenvalue weighted by atomic mass is 16.2. The lowest BCUT2D eigenvalue weighted by Crippen LogP contribution is -1.98. The smallest absolute Gasteiger partial charge is 0.0611 e. The third-order valence-electron chi connectivity index (χ3n) is 1.52. The molecule has 0 saturated heterocycles. The van der Waals surface area contributed by atoms with Gasteiger partial charge in [-0.05, 0) is 31.1 Å². The summed E-state index contributed by atoms with van der Waals surface area (Å²) in [6.45, 7) is 7.94. The second-order valence-electron chi connectivity index (χ2n) is 2.38. The summed E-state index contributed by atoms with van der Waals surface area (Å²) in [7, 11) is 1.00. The fourth-order valence-corrected chi connectivity index (χ4v) is 0.922. The molecular weight excluding hydrogens is 174 g/mol. The van der Waals surface area contributed by atoms with Crippen LogP contribution in [-0.2, 0) is 0 Å². The molecule has 0 radical (unpaired) electrons. The lowest BCUT2D eigenvalue weighted by atomic mass is 10.0. The summed E-state index contributed by atoms with van der Waals surface area (Å²) in [5.74, 6) is 0. The van der Waals surface area contributed by atoms with E-state index in [0.29, 0.717) is 5.71 Å². The molecule has 2 heteroatoms. The summed E-state index contributed by atoms with van der Waals surface area (Å²) < 4.78 is 0. The van der Waals surface area contributed by atoms with Crippen LogP contribution in [0, 0.1) is 5.41 Å². The Kier molecular flexibility index (Phi) is 10.9. The standard InChI is InChI=1S/C9H11N.C2H6.CH4O/c1-3-8-5-4-7(2)6-9(8)10;2*1-2/h3-6,10H,1-2H3;1-2H3;2H,1H3/b8-3-,10-9?;;. The monoisotopic (exact) mass is 195 g/mol. The average molecular weight is 195 g/mol. The van der Waals surface area contributed by atoms with E-state index in [1.165, 1.54) is 0 Å². The van der Waals surface area contributed by atoms with Crippen molar-refractivity contribution in [2.45, 2.75) is 27.7 Å². The van der Waals surface area contributed by atoms with Gasteiger partial charge in [-0.3, -0.25) is 0 Å². The van der Waals surface area contributed by atoms with Crippen LogP contribution in [-0.4, -0.2) is 17.9 Å². The van der Waals surface area contributed by atoms with Crippen molar-refractivity contribution in [2.75, 3.05) is 7.11 Å². The van der Waals surface area contributed by atoms with Gasteiger partial charge in [-0.25, -0.2) is 0 Å². The minimum atomic E-state index is 0.613. The largest absolute Gasteiger partial charge is 0.400 e. The van der Waals surface area contributed by atoms with Crippen LogP contribution in [0.3, 0.4) is 0 Å². The Bertz CT molecular complexity index is 247. The number of aliphatic hydroxyl groups is 1. The average Bonchev–Trinajstić information content (AvgIpc) is 2.24. The molecule has 0 aromatic rings. The van der Waals surface area contributed by atoms with Crippen LogP contribution in [0.15, 0.2) is 35.5 Å². The maximum atomic E-state index is 7.48. The van der Waals surface area contributed by atoms with Gasteiger partial charge in [-0.1, -0.05) is 32.1 Å². The Hall–Kier alpha value is -1.15. The van der Waals surface area contributed by atoms with Crippen molar-refractivity contribution in [1.29, 1.82) is 5.41 Å². The van der Waals surface area contributed by atoms with E-state index in [1.807, 2.05) is 52.0 Å². The van der Waals surface area contributed by atoms with Crippen molar-refractivity contribution in [3.8, 4) is 0 Å². The molecule has 1 aliphatic rings. The van der Waals surface area contributed by atoms with E-state index < -0.39 is 0 Å². The summed E-state index contributed by atoms with van der Waals surface area (Å²) in [5.41, 5.74) is 2.77. The van der Waals surface area contributed by atoms with E-state index >= 15 is 0 Å². The second-order valence-corrected chi connectivity index (χ2v) is 2.38. The van der Waals surface area contributed by atoms with Crippen LogP contribution in [0.4, 0.5) is 0 Å². The zero-order valence-electron chi connectivity index (χ0n) is 9.76.